The zero-order chi connectivity index (χ0) is 23.0. The van der Waals surface area contributed by atoms with Crippen molar-refractivity contribution in [2.75, 3.05) is 38.7 Å². The Balaban J connectivity index is 1.75. The van der Waals surface area contributed by atoms with E-state index in [4.69, 9.17) is 9.47 Å². The van der Waals surface area contributed by atoms with Gasteiger partial charge in [-0.1, -0.05) is 25.5 Å². The molecule has 1 saturated heterocycles. The van der Waals surface area contributed by atoms with Gasteiger partial charge in [0.25, 0.3) is 5.91 Å². The van der Waals surface area contributed by atoms with Gasteiger partial charge >= 0.3 is 0 Å². The van der Waals surface area contributed by atoms with Crippen molar-refractivity contribution in [2.24, 2.45) is 0 Å². The van der Waals surface area contributed by atoms with E-state index < -0.39 is 5.41 Å². The molecule has 32 heavy (non-hydrogen) atoms. The highest BCUT2D eigenvalue weighted by atomic mass is 16.5. The summed E-state index contributed by atoms with van der Waals surface area (Å²) in [5, 5.41) is 3.07. The molecule has 1 N–H and O–H groups in total. The normalized spacial score (nSPS) is 15.1. The van der Waals surface area contributed by atoms with Gasteiger partial charge in [0.1, 0.15) is 5.75 Å². The molecular weight excluding hydrogens is 404 g/mol. The summed E-state index contributed by atoms with van der Waals surface area (Å²) in [6.07, 6.45) is 3.27. The lowest BCUT2D eigenvalue weighted by molar-refractivity contribution is -0.125. The number of anilines is 1. The molecule has 2 aromatic carbocycles. The molecule has 6 nitrogen and oxygen atoms in total. The molecule has 6 heteroatoms. The number of benzene rings is 2. The molecular formula is C26H34N2O4. The van der Waals surface area contributed by atoms with Crippen molar-refractivity contribution >= 4 is 17.5 Å². The van der Waals surface area contributed by atoms with Crippen LogP contribution in [-0.2, 0) is 14.9 Å². The van der Waals surface area contributed by atoms with Gasteiger partial charge in [0, 0.05) is 37.6 Å². The first kappa shape index (κ1) is 23.8. The van der Waals surface area contributed by atoms with Crippen LogP contribution in [-0.4, -0.2) is 50.1 Å². The summed E-state index contributed by atoms with van der Waals surface area (Å²) in [5.41, 5.74) is 1.62. The van der Waals surface area contributed by atoms with Crippen molar-refractivity contribution in [1.82, 2.24) is 4.90 Å². The maximum atomic E-state index is 13.5. The smallest absolute Gasteiger partial charge is 0.253 e. The van der Waals surface area contributed by atoms with Gasteiger partial charge in [0.15, 0.2) is 0 Å². The maximum Gasteiger partial charge on any atom is 0.253 e. The van der Waals surface area contributed by atoms with Crippen LogP contribution in [0.4, 0.5) is 5.69 Å². The number of rotatable bonds is 9. The summed E-state index contributed by atoms with van der Waals surface area (Å²) in [7, 11) is 1.63. The van der Waals surface area contributed by atoms with Crippen LogP contribution >= 0.6 is 0 Å². The molecule has 0 aliphatic carbocycles. The van der Waals surface area contributed by atoms with Crippen LogP contribution in [0.2, 0.25) is 0 Å². The topological polar surface area (TPSA) is 67.9 Å². The Morgan fingerprint density at radius 2 is 1.69 bits per heavy atom. The molecule has 0 aromatic heterocycles. The second-order valence-corrected chi connectivity index (χ2v) is 8.19. The summed E-state index contributed by atoms with van der Waals surface area (Å²) in [6, 6.07) is 14.9. The van der Waals surface area contributed by atoms with E-state index in [1.54, 1.807) is 31.4 Å². The van der Waals surface area contributed by atoms with Crippen LogP contribution in [0.15, 0.2) is 48.5 Å². The van der Waals surface area contributed by atoms with Gasteiger partial charge in [-0.25, -0.2) is 0 Å². The first-order chi connectivity index (χ1) is 15.5. The number of unbranched alkanes of at least 4 members (excludes halogenated alkanes) is 1. The second-order valence-electron chi connectivity index (χ2n) is 8.19. The standard InChI is InChI=1S/C26H34N2O4/c1-4-6-17-28(5-2)24(29)20-7-11-22(12-8-20)27-25(30)26(15-18-32-19-16-26)21-9-13-23(31-3)14-10-21/h7-14H,4-6,15-19H2,1-3H3,(H,27,30). The maximum absolute atomic E-state index is 13.5. The minimum absolute atomic E-state index is 0.0259. The number of hydrogen-bond acceptors (Lipinski definition) is 4. The lowest BCUT2D eigenvalue weighted by atomic mass is 9.73. The van der Waals surface area contributed by atoms with Crippen molar-refractivity contribution in [2.45, 2.75) is 44.9 Å². The third-order valence-electron chi connectivity index (χ3n) is 6.26. The molecule has 0 spiro atoms. The Bertz CT molecular complexity index is 887. The third kappa shape index (κ3) is 5.30. The molecule has 0 unspecified atom stereocenters. The summed E-state index contributed by atoms with van der Waals surface area (Å²) < 4.78 is 10.8. The first-order valence-corrected chi connectivity index (χ1v) is 11.5. The fourth-order valence-electron chi connectivity index (χ4n) is 4.16. The Morgan fingerprint density at radius 1 is 1.03 bits per heavy atom. The van der Waals surface area contributed by atoms with E-state index in [0.29, 0.717) is 43.9 Å². The minimum Gasteiger partial charge on any atom is -0.497 e. The van der Waals surface area contributed by atoms with Crippen LogP contribution in [0.3, 0.4) is 0 Å². The third-order valence-corrected chi connectivity index (χ3v) is 6.26. The molecule has 0 saturated carbocycles. The minimum atomic E-state index is -0.655. The van der Waals surface area contributed by atoms with E-state index in [0.717, 1.165) is 30.7 Å². The molecule has 1 aliphatic rings. The quantitative estimate of drug-likeness (QED) is 0.619. The van der Waals surface area contributed by atoms with Crippen molar-refractivity contribution in [3.8, 4) is 5.75 Å². The van der Waals surface area contributed by atoms with E-state index >= 15 is 0 Å². The first-order valence-electron chi connectivity index (χ1n) is 11.5. The lowest BCUT2D eigenvalue weighted by Gasteiger charge is -2.36. The highest BCUT2D eigenvalue weighted by Crippen LogP contribution is 2.37. The number of hydrogen-bond donors (Lipinski definition) is 1. The van der Waals surface area contributed by atoms with E-state index in [1.165, 1.54) is 0 Å². The molecule has 1 aliphatic heterocycles. The van der Waals surface area contributed by atoms with Crippen molar-refractivity contribution in [3.63, 3.8) is 0 Å². The van der Waals surface area contributed by atoms with Crippen molar-refractivity contribution in [3.05, 3.63) is 59.7 Å². The Kier molecular flexibility index (Phi) is 8.28. The van der Waals surface area contributed by atoms with Crippen LogP contribution < -0.4 is 10.1 Å². The fraction of sp³-hybridized carbons (Fsp3) is 0.462. The van der Waals surface area contributed by atoms with Gasteiger partial charge in [-0.15, -0.1) is 0 Å². The molecule has 2 amide bonds. The van der Waals surface area contributed by atoms with E-state index in [2.05, 4.69) is 12.2 Å². The average Bonchev–Trinajstić information content (AvgIpc) is 2.85. The largest absolute Gasteiger partial charge is 0.497 e. The van der Waals surface area contributed by atoms with Gasteiger partial charge in [-0.05, 0) is 68.1 Å². The second kappa shape index (κ2) is 11.1. The van der Waals surface area contributed by atoms with Gasteiger partial charge in [-0.3, -0.25) is 9.59 Å². The molecule has 172 valence electrons. The number of nitrogens with one attached hydrogen (secondary N) is 1. The number of methoxy groups -OCH3 is 1. The van der Waals surface area contributed by atoms with Gasteiger partial charge < -0.3 is 19.7 Å². The number of carbonyl (C=O) groups is 2. The SMILES string of the molecule is CCCCN(CC)C(=O)c1ccc(NC(=O)C2(c3ccc(OC)cc3)CCOCC2)cc1. The van der Waals surface area contributed by atoms with Crippen LogP contribution in [0, 0.1) is 0 Å². The van der Waals surface area contributed by atoms with E-state index in [1.807, 2.05) is 36.1 Å². The number of carbonyl (C=O) groups excluding carboxylic acids is 2. The molecule has 0 radical (unpaired) electrons. The fourth-order valence-corrected chi connectivity index (χ4v) is 4.16. The molecule has 3 rings (SSSR count). The number of nitrogens with zero attached hydrogens (tertiary/aromatic N) is 1. The monoisotopic (exact) mass is 438 g/mol. The van der Waals surface area contributed by atoms with E-state index in [9.17, 15) is 9.59 Å². The molecule has 2 aromatic rings. The summed E-state index contributed by atoms with van der Waals surface area (Å²) in [6.45, 7) is 6.64. The molecule has 1 fully saturated rings. The summed E-state index contributed by atoms with van der Waals surface area (Å²) in [4.78, 5) is 28.1. The van der Waals surface area contributed by atoms with Crippen molar-refractivity contribution in [1.29, 1.82) is 0 Å². The molecule has 0 atom stereocenters. The van der Waals surface area contributed by atoms with Gasteiger partial charge in [-0.2, -0.15) is 0 Å². The molecule has 1 heterocycles. The zero-order valence-electron chi connectivity index (χ0n) is 19.4. The van der Waals surface area contributed by atoms with Crippen LogP contribution in [0.25, 0.3) is 0 Å². The Hall–Kier alpha value is -2.86. The highest BCUT2D eigenvalue weighted by molar-refractivity contribution is 6.00. The Labute approximate surface area is 190 Å². The average molecular weight is 439 g/mol. The zero-order valence-corrected chi connectivity index (χ0v) is 19.4. The highest BCUT2D eigenvalue weighted by Gasteiger charge is 2.41. The summed E-state index contributed by atoms with van der Waals surface area (Å²) in [5.74, 6) is 0.734. The predicted molar refractivity (Wildman–Crippen MR) is 126 cm³/mol. The Morgan fingerprint density at radius 3 is 2.25 bits per heavy atom. The van der Waals surface area contributed by atoms with E-state index in [-0.39, 0.29) is 11.8 Å². The van der Waals surface area contributed by atoms with Crippen LogP contribution in [0.1, 0.15) is 55.5 Å². The van der Waals surface area contributed by atoms with Crippen molar-refractivity contribution < 1.29 is 19.1 Å². The predicted octanol–water partition coefficient (Wildman–Crippen LogP) is 4.64. The van der Waals surface area contributed by atoms with Gasteiger partial charge in [0.2, 0.25) is 5.91 Å². The number of ether oxygens (including phenoxy) is 2. The lowest BCUT2D eigenvalue weighted by Crippen LogP contribution is -2.44. The summed E-state index contributed by atoms with van der Waals surface area (Å²) >= 11 is 0. The van der Waals surface area contributed by atoms with Crippen LogP contribution in [0.5, 0.6) is 5.75 Å². The van der Waals surface area contributed by atoms with Gasteiger partial charge in [0.05, 0.1) is 12.5 Å². The molecule has 0 bridgehead atoms. The number of amides is 2.